The standard InChI is InChI=1S/C38H40Cl2N4O2/c39-32-17-16-31(27-33(32)40)37(19-10-24-44(28-37)35(45)29-11-3-1-4-12-29)18-9-23-43-25-20-38(21-26-43,30-13-5-2-6-14-30)36(46)42-34-15-7-8-22-41-34/h1-8,11-17,22,27H,9-10,18-21,23-26,28H2,(H,41,42,46). The van der Waals surface area contributed by atoms with E-state index in [9.17, 15) is 9.59 Å². The van der Waals surface area contributed by atoms with Crippen molar-refractivity contribution in [1.29, 1.82) is 0 Å². The van der Waals surface area contributed by atoms with Crippen molar-refractivity contribution in [3.8, 4) is 0 Å². The Morgan fingerprint density at radius 1 is 0.783 bits per heavy atom. The van der Waals surface area contributed by atoms with Crippen molar-refractivity contribution >= 4 is 40.8 Å². The number of anilines is 1. The molecule has 4 aromatic rings. The van der Waals surface area contributed by atoms with Crippen LogP contribution in [0.3, 0.4) is 0 Å². The van der Waals surface area contributed by atoms with E-state index in [1.54, 1.807) is 6.20 Å². The van der Waals surface area contributed by atoms with Gasteiger partial charge < -0.3 is 15.1 Å². The number of nitrogens with one attached hydrogen (secondary N) is 1. The Hall–Kier alpha value is -3.71. The van der Waals surface area contributed by atoms with Crippen molar-refractivity contribution in [1.82, 2.24) is 14.8 Å². The normalized spacial score (nSPS) is 19.8. The molecule has 0 saturated carbocycles. The van der Waals surface area contributed by atoms with E-state index in [1.807, 2.05) is 83.8 Å². The van der Waals surface area contributed by atoms with Crippen molar-refractivity contribution < 1.29 is 9.59 Å². The summed E-state index contributed by atoms with van der Waals surface area (Å²) in [5.41, 5.74) is 2.07. The van der Waals surface area contributed by atoms with E-state index in [2.05, 4.69) is 33.4 Å². The lowest BCUT2D eigenvalue weighted by atomic mass is 9.70. The zero-order valence-electron chi connectivity index (χ0n) is 26.0. The number of nitrogens with zero attached hydrogens (tertiary/aromatic N) is 3. The lowest BCUT2D eigenvalue weighted by molar-refractivity contribution is -0.123. The van der Waals surface area contributed by atoms with E-state index >= 15 is 0 Å². The van der Waals surface area contributed by atoms with Crippen molar-refractivity contribution in [3.63, 3.8) is 0 Å². The number of piperidine rings is 2. The topological polar surface area (TPSA) is 65.5 Å². The lowest BCUT2D eigenvalue weighted by Crippen LogP contribution is -2.50. The first kappa shape index (κ1) is 32.2. The summed E-state index contributed by atoms with van der Waals surface area (Å²) in [6.07, 6.45) is 6.94. The first-order valence-corrected chi connectivity index (χ1v) is 16.9. The molecule has 0 radical (unpaired) electrons. The molecule has 3 aromatic carbocycles. The fourth-order valence-corrected chi connectivity index (χ4v) is 7.65. The van der Waals surface area contributed by atoms with Crippen molar-refractivity contribution in [2.75, 3.05) is 38.0 Å². The zero-order chi connectivity index (χ0) is 32.0. The predicted octanol–water partition coefficient (Wildman–Crippen LogP) is 8.02. The highest BCUT2D eigenvalue weighted by molar-refractivity contribution is 6.42. The maximum atomic E-state index is 13.8. The van der Waals surface area contributed by atoms with E-state index in [-0.39, 0.29) is 17.2 Å². The smallest absolute Gasteiger partial charge is 0.253 e. The molecule has 46 heavy (non-hydrogen) atoms. The fourth-order valence-electron chi connectivity index (χ4n) is 7.35. The molecule has 2 aliphatic rings. The molecule has 3 heterocycles. The molecule has 2 aliphatic heterocycles. The number of pyridine rings is 1. The number of carbonyl (C=O) groups is 2. The Kier molecular flexibility index (Phi) is 10.1. The second-order valence-electron chi connectivity index (χ2n) is 12.7. The van der Waals surface area contributed by atoms with Crippen LogP contribution < -0.4 is 5.32 Å². The Balaban J connectivity index is 1.15. The number of halogens is 2. The van der Waals surface area contributed by atoms with E-state index < -0.39 is 5.41 Å². The van der Waals surface area contributed by atoms with Crippen LogP contribution in [-0.4, -0.2) is 59.3 Å². The lowest BCUT2D eigenvalue weighted by Gasteiger charge is -2.44. The predicted molar refractivity (Wildman–Crippen MR) is 186 cm³/mol. The van der Waals surface area contributed by atoms with Gasteiger partial charge in [0.05, 0.1) is 15.5 Å². The van der Waals surface area contributed by atoms with Gasteiger partial charge in [-0.2, -0.15) is 0 Å². The van der Waals surface area contributed by atoms with Gasteiger partial charge in [-0.25, -0.2) is 4.98 Å². The average Bonchev–Trinajstić information content (AvgIpc) is 3.11. The molecular formula is C38H40Cl2N4O2. The first-order valence-electron chi connectivity index (χ1n) is 16.2. The fraction of sp³-hybridized carbons (Fsp3) is 0.342. The Morgan fingerprint density at radius 2 is 1.50 bits per heavy atom. The van der Waals surface area contributed by atoms with Crippen LogP contribution in [0, 0.1) is 0 Å². The second kappa shape index (κ2) is 14.4. The minimum absolute atomic E-state index is 0.000926. The van der Waals surface area contributed by atoms with Crippen molar-refractivity contribution in [2.24, 2.45) is 0 Å². The summed E-state index contributed by atoms with van der Waals surface area (Å²) >= 11 is 12.9. The molecule has 1 aromatic heterocycles. The Morgan fingerprint density at radius 3 is 2.20 bits per heavy atom. The molecule has 0 bridgehead atoms. The van der Waals surface area contributed by atoms with Gasteiger partial charge in [-0.1, -0.05) is 83.9 Å². The van der Waals surface area contributed by atoms with Gasteiger partial charge in [0.25, 0.3) is 5.91 Å². The molecule has 1 unspecified atom stereocenters. The minimum atomic E-state index is -0.613. The molecule has 2 fully saturated rings. The summed E-state index contributed by atoms with van der Waals surface area (Å²) < 4.78 is 0. The molecule has 2 saturated heterocycles. The molecule has 0 spiro atoms. The van der Waals surface area contributed by atoms with Crippen LogP contribution >= 0.6 is 23.2 Å². The summed E-state index contributed by atoms with van der Waals surface area (Å²) in [4.78, 5) is 36.2. The number of hydrogen-bond acceptors (Lipinski definition) is 4. The summed E-state index contributed by atoms with van der Waals surface area (Å²) in [6.45, 7) is 3.95. The number of amides is 2. The van der Waals surface area contributed by atoms with Gasteiger partial charge in [0, 0.05) is 30.3 Å². The minimum Gasteiger partial charge on any atom is -0.338 e. The van der Waals surface area contributed by atoms with Crippen LogP contribution in [-0.2, 0) is 15.6 Å². The largest absolute Gasteiger partial charge is 0.338 e. The molecule has 6 nitrogen and oxygen atoms in total. The van der Waals surface area contributed by atoms with Crippen LogP contribution in [0.25, 0.3) is 0 Å². The molecule has 238 valence electrons. The summed E-state index contributed by atoms with van der Waals surface area (Å²) in [5, 5.41) is 4.17. The van der Waals surface area contributed by atoms with Gasteiger partial charge >= 0.3 is 0 Å². The number of aromatic nitrogens is 1. The number of rotatable bonds is 9. The maximum absolute atomic E-state index is 13.8. The van der Waals surface area contributed by atoms with Gasteiger partial charge in [-0.05, 0) is 106 Å². The third-order valence-corrected chi connectivity index (χ3v) is 10.7. The molecular weight excluding hydrogens is 615 g/mol. The van der Waals surface area contributed by atoms with Crippen LogP contribution in [0.5, 0.6) is 0 Å². The van der Waals surface area contributed by atoms with E-state index in [0.717, 1.165) is 81.4 Å². The van der Waals surface area contributed by atoms with Crippen LogP contribution in [0.1, 0.15) is 60.0 Å². The van der Waals surface area contributed by atoms with E-state index in [1.165, 1.54) is 0 Å². The highest BCUT2D eigenvalue weighted by Gasteiger charge is 2.43. The van der Waals surface area contributed by atoms with Gasteiger partial charge in [-0.3, -0.25) is 9.59 Å². The molecule has 2 amide bonds. The van der Waals surface area contributed by atoms with Crippen molar-refractivity contribution in [3.05, 3.63) is 130 Å². The quantitative estimate of drug-likeness (QED) is 0.199. The van der Waals surface area contributed by atoms with Gasteiger partial charge in [-0.15, -0.1) is 0 Å². The SMILES string of the molecule is O=C(c1ccccc1)N1CCCC(CCCN2CCC(C(=O)Nc3ccccn3)(c3ccccc3)CC2)(c2ccc(Cl)c(Cl)c2)C1. The highest BCUT2D eigenvalue weighted by Crippen LogP contribution is 2.42. The highest BCUT2D eigenvalue weighted by atomic mass is 35.5. The van der Waals surface area contributed by atoms with Crippen LogP contribution in [0.2, 0.25) is 10.0 Å². The number of carbonyl (C=O) groups excluding carboxylic acids is 2. The summed E-state index contributed by atoms with van der Waals surface area (Å²) in [5.74, 6) is 0.646. The maximum Gasteiger partial charge on any atom is 0.253 e. The van der Waals surface area contributed by atoms with Crippen LogP contribution in [0.15, 0.2) is 103 Å². The van der Waals surface area contributed by atoms with Gasteiger partial charge in [0.1, 0.15) is 5.82 Å². The van der Waals surface area contributed by atoms with E-state index in [4.69, 9.17) is 23.2 Å². The molecule has 8 heteroatoms. The molecule has 1 atom stereocenters. The average molecular weight is 656 g/mol. The van der Waals surface area contributed by atoms with Crippen molar-refractivity contribution in [2.45, 2.75) is 49.4 Å². The zero-order valence-corrected chi connectivity index (χ0v) is 27.5. The Labute approximate surface area is 281 Å². The number of hydrogen-bond donors (Lipinski definition) is 1. The monoisotopic (exact) mass is 654 g/mol. The Bertz CT molecular complexity index is 1630. The molecule has 0 aliphatic carbocycles. The van der Waals surface area contributed by atoms with Gasteiger partial charge in [0.2, 0.25) is 5.91 Å². The molecule has 1 N–H and O–H groups in total. The second-order valence-corrected chi connectivity index (χ2v) is 13.5. The summed E-state index contributed by atoms with van der Waals surface area (Å²) in [6, 6.07) is 31.2. The third-order valence-electron chi connectivity index (χ3n) is 9.92. The van der Waals surface area contributed by atoms with E-state index in [0.29, 0.717) is 22.4 Å². The number of benzene rings is 3. The third kappa shape index (κ3) is 7.00. The summed E-state index contributed by atoms with van der Waals surface area (Å²) in [7, 11) is 0. The van der Waals surface area contributed by atoms with Gasteiger partial charge in [0.15, 0.2) is 0 Å². The van der Waals surface area contributed by atoms with Crippen LogP contribution in [0.4, 0.5) is 5.82 Å². The first-order chi connectivity index (χ1) is 22.4. The number of likely N-dealkylation sites (tertiary alicyclic amines) is 2. The molecule has 6 rings (SSSR count).